The summed E-state index contributed by atoms with van der Waals surface area (Å²) in [5.41, 5.74) is 3.94. The molecule has 5 heteroatoms. The van der Waals surface area contributed by atoms with Gasteiger partial charge in [-0.3, -0.25) is 4.90 Å². The third-order valence-corrected chi connectivity index (χ3v) is 6.53. The number of likely N-dealkylation sites (tertiary alicyclic amines) is 1. The molecule has 3 aromatic carbocycles. The third-order valence-electron chi connectivity index (χ3n) is 6.53. The number of piperidine rings is 1. The Morgan fingerprint density at radius 1 is 0.844 bits per heavy atom. The first kappa shape index (κ1) is 26.3. The summed E-state index contributed by atoms with van der Waals surface area (Å²) < 4.78 is 13.2. The highest BCUT2D eigenvalue weighted by atomic mass is 35.5. The van der Waals surface area contributed by atoms with E-state index in [2.05, 4.69) is 84.6 Å². The average molecular weight is 475 g/mol. The highest BCUT2D eigenvalue weighted by Crippen LogP contribution is 2.36. The first-order valence-corrected chi connectivity index (χ1v) is 10.9. The maximum atomic E-state index is 13.2. The first-order valence-electron chi connectivity index (χ1n) is 10.9. The van der Waals surface area contributed by atoms with Gasteiger partial charge >= 0.3 is 0 Å². The molecule has 1 fully saturated rings. The zero-order valence-electron chi connectivity index (χ0n) is 18.7. The van der Waals surface area contributed by atoms with Crippen LogP contribution < -0.4 is 0 Å². The molecule has 3 aromatic rings. The molecule has 0 N–H and O–H groups in total. The van der Waals surface area contributed by atoms with Crippen LogP contribution in [-0.2, 0) is 6.54 Å². The van der Waals surface area contributed by atoms with Crippen molar-refractivity contribution in [2.75, 3.05) is 20.6 Å². The number of benzene rings is 3. The van der Waals surface area contributed by atoms with Crippen molar-refractivity contribution in [3.05, 3.63) is 107 Å². The van der Waals surface area contributed by atoms with Crippen LogP contribution in [0.3, 0.4) is 0 Å². The van der Waals surface area contributed by atoms with E-state index in [1.807, 2.05) is 12.1 Å². The topological polar surface area (TPSA) is 6.48 Å². The number of likely N-dealkylation sites (N-methyl/N-ethyl adjacent to an activating group) is 2. The van der Waals surface area contributed by atoms with Gasteiger partial charge < -0.3 is 4.90 Å². The lowest BCUT2D eigenvalue weighted by molar-refractivity contribution is 0.0810. The molecule has 0 bridgehead atoms. The van der Waals surface area contributed by atoms with Crippen molar-refractivity contribution in [1.82, 2.24) is 9.80 Å². The normalized spacial score (nSPS) is 18.8. The van der Waals surface area contributed by atoms with Crippen LogP contribution in [0.5, 0.6) is 0 Å². The zero-order chi connectivity index (χ0) is 20.9. The van der Waals surface area contributed by atoms with Gasteiger partial charge in [0.15, 0.2) is 0 Å². The van der Waals surface area contributed by atoms with Crippen molar-refractivity contribution < 1.29 is 4.39 Å². The van der Waals surface area contributed by atoms with Gasteiger partial charge in [0.25, 0.3) is 0 Å². The molecule has 1 aliphatic rings. The summed E-state index contributed by atoms with van der Waals surface area (Å²) in [5.74, 6) is 0.204. The van der Waals surface area contributed by atoms with E-state index in [1.54, 1.807) is 12.1 Å². The number of halogens is 3. The van der Waals surface area contributed by atoms with Gasteiger partial charge in [0, 0.05) is 31.1 Å². The summed E-state index contributed by atoms with van der Waals surface area (Å²) in [6.45, 7) is 1.89. The summed E-state index contributed by atoms with van der Waals surface area (Å²) in [4.78, 5) is 4.96. The van der Waals surface area contributed by atoms with E-state index in [0.29, 0.717) is 18.0 Å². The molecule has 32 heavy (non-hydrogen) atoms. The van der Waals surface area contributed by atoms with Gasteiger partial charge in [-0.2, -0.15) is 0 Å². The van der Waals surface area contributed by atoms with Crippen LogP contribution in [0.1, 0.15) is 35.4 Å². The summed E-state index contributed by atoms with van der Waals surface area (Å²) in [6, 6.07) is 29.7. The number of hydrogen-bond acceptors (Lipinski definition) is 2. The van der Waals surface area contributed by atoms with Crippen LogP contribution in [-0.4, -0.2) is 42.5 Å². The molecule has 0 amide bonds. The summed E-state index contributed by atoms with van der Waals surface area (Å²) in [5, 5.41) is 0. The second-order valence-electron chi connectivity index (χ2n) is 8.58. The minimum atomic E-state index is -0.172. The van der Waals surface area contributed by atoms with Crippen molar-refractivity contribution in [1.29, 1.82) is 0 Å². The van der Waals surface area contributed by atoms with Crippen LogP contribution >= 0.6 is 24.8 Å². The van der Waals surface area contributed by atoms with E-state index in [1.165, 1.54) is 17.5 Å². The predicted molar refractivity (Wildman–Crippen MR) is 137 cm³/mol. The minimum absolute atomic E-state index is 0. The smallest absolute Gasteiger partial charge is 0.123 e. The van der Waals surface area contributed by atoms with Crippen LogP contribution in [0, 0.1) is 5.82 Å². The molecule has 1 aliphatic heterocycles. The fourth-order valence-corrected chi connectivity index (χ4v) is 4.89. The second kappa shape index (κ2) is 12.4. The molecular formula is C27H33Cl2FN2. The molecule has 1 heterocycles. The standard InChI is InChI=1S/C27H31FN2.2ClH/c1-29(19-21-13-15-24(28)16-14-21)25-17-18-26(30(2)20-25)27(22-9-5-3-6-10-22)23-11-7-4-8-12-23;;/h3-16,25-27H,17-20H2,1-2H3;2*1H/t25-,26-;;/m1../s1. The van der Waals surface area contributed by atoms with Crippen LogP contribution in [0.25, 0.3) is 0 Å². The molecule has 0 aliphatic carbocycles. The average Bonchev–Trinajstić information content (AvgIpc) is 2.78. The molecule has 1 saturated heterocycles. The second-order valence-corrected chi connectivity index (χ2v) is 8.58. The Morgan fingerprint density at radius 3 is 1.88 bits per heavy atom. The van der Waals surface area contributed by atoms with Crippen molar-refractivity contribution >= 4 is 24.8 Å². The molecule has 0 radical (unpaired) electrons. The maximum Gasteiger partial charge on any atom is 0.123 e. The fraction of sp³-hybridized carbons (Fsp3) is 0.333. The van der Waals surface area contributed by atoms with Crippen molar-refractivity contribution in [2.24, 2.45) is 0 Å². The van der Waals surface area contributed by atoms with Crippen molar-refractivity contribution in [3.8, 4) is 0 Å². The van der Waals surface area contributed by atoms with E-state index < -0.39 is 0 Å². The van der Waals surface area contributed by atoms with E-state index in [4.69, 9.17) is 0 Å². The van der Waals surface area contributed by atoms with Gasteiger partial charge in [-0.1, -0.05) is 72.8 Å². The molecule has 172 valence electrons. The molecule has 0 spiro atoms. The molecule has 2 nitrogen and oxygen atoms in total. The summed E-state index contributed by atoms with van der Waals surface area (Å²) >= 11 is 0. The number of rotatable bonds is 6. The van der Waals surface area contributed by atoms with Crippen LogP contribution in [0.15, 0.2) is 84.9 Å². The molecular weight excluding hydrogens is 442 g/mol. The molecule has 4 rings (SSSR count). The predicted octanol–water partition coefficient (Wildman–Crippen LogP) is 6.40. The Bertz CT molecular complexity index is 882. The Hall–Kier alpha value is -1.91. The largest absolute Gasteiger partial charge is 0.301 e. The van der Waals surface area contributed by atoms with Gasteiger partial charge in [-0.15, -0.1) is 24.8 Å². The van der Waals surface area contributed by atoms with Gasteiger partial charge in [-0.05, 0) is 55.8 Å². The Kier molecular flexibility index (Phi) is 10.2. The van der Waals surface area contributed by atoms with Crippen molar-refractivity contribution in [2.45, 2.75) is 37.4 Å². The minimum Gasteiger partial charge on any atom is -0.301 e. The van der Waals surface area contributed by atoms with E-state index in [9.17, 15) is 4.39 Å². The van der Waals surface area contributed by atoms with Crippen LogP contribution in [0.4, 0.5) is 4.39 Å². The van der Waals surface area contributed by atoms with Gasteiger partial charge in [-0.25, -0.2) is 4.39 Å². The van der Waals surface area contributed by atoms with Gasteiger partial charge in [0.1, 0.15) is 5.82 Å². The zero-order valence-corrected chi connectivity index (χ0v) is 20.4. The Labute approximate surface area is 204 Å². The van der Waals surface area contributed by atoms with Crippen molar-refractivity contribution in [3.63, 3.8) is 0 Å². The number of hydrogen-bond donors (Lipinski definition) is 0. The van der Waals surface area contributed by atoms with E-state index in [-0.39, 0.29) is 30.6 Å². The Morgan fingerprint density at radius 2 is 1.38 bits per heavy atom. The first-order chi connectivity index (χ1) is 14.6. The highest BCUT2D eigenvalue weighted by molar-refractivity contribution is 5.85. The lowest BCUT2D eigenvalue weighted by atomic mass is 9.80. The van der Waals surface area contributed by atoms with Gasteiger partial charge in [0.05, 0.1) is 0 Å². The lowest BCUT2D eigenvalue weighted by Crippen LogP contribution is -2.51. The summed E-state index contributed by atoms with van der Waals surface area (Å²) in [6.07, 6.45) is 2.33. The summed E-state index contributed by atoms with van der Waals surface area (Å²) in [7, 11) is 4.45. The molecule has 2 atom stereocenters. The third kappa shape index (κ3) is 6.32. The quantitative estimate of drug-likeness (QED) is 0.407. The molecule has 0 aromatic heterocycles. The maximum absolute atomic E-state index is 13.2. The molecule has 0 saturated carbocycles. The van der Waals surface area contributed by atoms with Crippen LogP contribution in [0.2, 0.25) is 0 Å². The SMILES string of the molecule is CN(Cc1ccc(F)cc1)[C@@H]1CC[C@H](C(c2ccccc2)c2ccccc2)N(C)C1.Cl.Cl. The van der Waals surface area contributed by atoms with Gasteiger partial charge in [0.2, 0.25) is 0 Å². The van der Waals surface area contributed by atoms with E-state index >= 15 is 0 Å². The lowest BCUT2D eigenvalue weighted by Gasteiger charge is -2.44. The monoisotopic (exact) mass is 474 g/mol. The fourth-order valence-electron chi connectivity index (χ4n) is 4.89. The van der Waals surface area contributed by atoms with E-state index in [0.717, 1.165) is 25.1 Å². The molecule has 0 unspecified atom stereocenters. The Balaban J connectivity index is 0.00000181. The number of nitrogens with zero attached hydrogens (tertiary/aromatic N) is 2. The highest BCUT2D eigenvalue weighted by Gasteiger charge is 2.34.